The average Bonchev–Trinajstić information content (AvgIpc) is 1.91. The fourth-order valence-corrected chi connectivity index (χ4v) is 0.627. The molecule has 0 aliphatic heterocycles. The number of hydrogen-bond donors (Lipinski definition) is 0. The minimum Gasteiger partial charge on any atom is -0.344 e. The Morgan fingerprint density at radius 3 is 2.80 bits per heavy atom. The van der Waals surface area contributed by atoms with Gasteiger partial charge >= 0.3 is 0 Å². The van der Waals surface area contributed by atoms with E-state index in [1.807, 2.05) is 24.3 Å². The van der Waals surface area contributed by atoms with Crippen molar-refractivity contribution in [3.63, 3.8) is 0 Å². The first kappa shape index (κ1) is 9.54. The molecule has 1 nitrogen and oxygen atoms in total. The third-order valence-corrected chi connectivity index (χ3v) is 1.00. The van der Waals surface area contributed by atoms with E-state index < -0.39 is 0 Å². The van der Waals surface area contributed by atoms with Crippen LogP contribution in [0.15, 0.2) is 29.3 Å². The summed E-state index contributed by atoms with van der Waals surface area (Å²) in [5.41, 5.74) is 1.03. The number of nitrogens with zero attached hydrogens (tertiary/aromatic N) is 1. The fraction of sp³-hybridized carbons (Fsp3) is 0.125. The van der Waals surface area contributed by atoms with E-state index in [4.69, 9.17) is 0 Å². The quantitative estimate of drug-likeness (QED) is 0.551. The van der Waals surface area contributed by atoms with Crippen molar-refractivity contribution in [3.8, 4) is 0 Å². The van der Waals surface area contributed by atoms with E-state index in [1.54, 1.807) is 13.3 Å². The first-order valence-electron chi connectivity index (χ1n) is 2.82. The molecule has 1 aromatic rings. The standard InChI is InChI=1S/C8H8N.Ir/c1-9-7-8-5-3-2-4-6-8;/h2-5,7H,1H3;/q-1;. The summed E-state index contributed by atoms with van der Waals surface area (Å²) < 4.78 is 0. The Labute approximate surface area is 74.5 Å². The molecule has 0 amide bonds. The van der Waals surface area contributed by atoms with Crippen LogP contribution in [0.2, 0.25) is 0 Å². The van der Waals surface area contributed by atoms with E-state index >= 15 is 0 Å². The van der Waals surface area contributed by atoms with Crippen molar-refractivity contribution in [2.75, 3.05) is 7.05 Å². The molecule has 0 heterocycles. The van der Waals surface area contributed by atoms with Crippen molar-refractivity contribution < 1.29 is 20.1 Å². The molecule has 2 heteroatoms. The summed E-state index contributed by atoms with van der Waals surface area (Å²) in [5.74, 6) is 0. The molecule has 0 saturated carbocycles. The Balaban J connectivity index is 0.000000810. The van der Waals surface area contributed by atoms with Gasteiger partial charge in [-0.3, -0.25) is 0 Å². The zero-order chi connectivity index (χ0) is 6.53. The third-order valence-electron chi connectivity index (χ3n) is 1.00. The van der Waals surface area contributed by atoms with Gasteiger partial charge < -0.3 is 4.99 Å². The van der Waals surface area contributed by atoms with E-state index in [1.165, 1.54) is 0 Å². The second-order valence-electron chi connectivity index (χ2n) is 1.71. The Kier molecular flexibility index (Phi) is 5.09. The van der Waals surface area contributed by atoms with Crippen LogP contribution in [0.1, 0.15) is 5.56 Å². The molecule has 0 aliphatic carbocycles. The van der Waals surface area contributed by atoms with Gasteiger partial charge in [0.1, 0.15) is 0 Å². The molecule has 55 valence electrons. The molecular weight excluding hydrogens is 302 g/mol. The van der Waals surface area contributed by atoms with Crippen molar-refractivity contribution in [2.45, 2.75) is 0 Å². The van der Waals surface area contributed by atoms with Gasteiger partial charge in [0.15, 0.2) is 0 Å². The number of aliphatic imine (C=N–C) groups is 1. The van der Waals surface area contributed by atoms with Crippen LogP contribution in [0.25, 0.3) is 0 Å². The monoisotopic (exact) mass is 311 g/mol. The van der Waals surface area contributed by atoms with Crippen molar-refractivity contribution in [3.05, 3.63) is 35.9 Å². The SMILES string of the molecule is CN=Cc1[c-]cccc1.[Ir]. The molecule has 0 aliphatic rings. The molecular formula is C8H8IrN-. The molecule has 0 bridgehead atoms. The van der Waals surface area contributed by atoms with Crippen LogP contribution in [0.3, 0.4) is 0 Å². The molecule has 1 rings (SSSR count). The molecule has 0 aromatic heterocycles. The molecule has 0 saturated heterocycles. The molecule has 0 N–H and O–H groups in total. The van der Waals surface area contributed by atoms with Crippen LogP contribution < -0.4 is 0 Å². The Morgan fingerprint density at radius 1 is 1.50 bits per heavy atom. The fourth-order valence-electron chi connectivity index (χ4n) is 0.627. The van der Waals surface area contributed by atoms with Crippen LogP contribution in [0, 0.1) is 6.07 Å². The Morgan fingerprint density at radius 2 is 2.30 bits per heavy atom. The summed E-state index contributed by atoms with van der Waals surface area (Å²) in [5, 5.41) is 0. The first-order valence-corrected chi connectivity index (χ1v) is 2.82. The van der Waals surface area contributed by atoms with E-state index in [2.05, 4.69) is 11.1 Å². The second-order valence-corrected chi connectivity index (χ2v) is 1.71. The van der Waals surface area contributed by atoms with Crippen molar-refractivity contribution in [1.82, 2.24) is 0 Å². The summed E-state index contributed by atoms with van der Waals surface area (Å²) in [6.45, 7) is 0. The van der Waals surface area contributed by atoms with E-state index in [0.29, 0.717) is 0 Å². The molecule has 10 heavy (non-hydrogen) atoms. The van der Waals surface area contributed by atoms with Gasteiger partial charge in [0.25, 0.3) is 0 Å². The van der Waals surface area contributed by atoms with Gasteiger partial charge in [-0.05, 0) is 0 Å². The number of benzene rings is 1. The van der Waals surface area contributed by atoms with Gasteiger partial charge in [0, 0.05) is 27.2 Å². The van der Waals surface area contributed by atoms with E-state index in [-0.39, 0.29) is 20.1 Å². The molecule has 0 fully saturated rings. The van der Waals surface area contributed by atoms with Gasteiger partial charge in [0.05, 0.1) is 0 Å². The molecule has 0 atom stereocenters. The largest absolute Gasteiger partial charge is 0.344 e. The zero-order valence-electron chi connectivity index (χ0n) is 5.67. The predicted octanol–water partition coefficient (Wildman–Crippen LogP) is 1.53. The van der Waals surface area contributed by atoms with Crippen LogP contribution in [0.4, 0.5) is 0 Å². The summed E-state index contributed by atoms with van der Waals surface area (Å²) in [6.07, 6.45) is 1.78. The number of hydrogen-bond acceptors (Lipinski definition) is 1. The van der Waals surface area contributed by atoms with Crippen LogP contribution in [-0.2, 0) is 20.1 Å². The first-order chi connectivity index (χ1) is 4.43. The second kappa shape index (κ2) is 5.33. The zero-order valence-corrected chi connectivity index (χ0v) is 8.06. The molecule has 1 radical (unpaired) electrons. The number of rotatable bonds is 1. The van der Waals surface area contributed by atoms with Gasteiger partial charge in [-0.1, -0.05) is 6.21 Å². The minimum absolute atomic E-state index is 0. The van der Waals surface area contributed by atoms with Crippen LogP contribution in [0.5, 0.6) is 0 Å². The van der Waals surface area contributed by atoms with Gasteiger partial charge in [0.2, 0.25) is 0 Å². The van der Waals surface area contributed by atoms with Crippen LogP contribution in [-0.4, -0.2) is 13.3 Å². The third kappa shape index (κ3) is 2.90. The predicted molar refractivity (Wildman–Crippen MR) is 38.8 cm³/mol. The van der Waals surface area contributed by atoms with E-state index in [0.717, 1.165) is 5.56 Å². The van der Waals surface area contributed by atoms with Gasteiger partial charge in [-0.2, -0.15) is 0 Å². The maximum absolute atomic E-state index is 3.85. The van der Waals surface area contributed by atoms with Crippen molar-refractivity contribution in [2.24, 2.45) is 4.99 Å². The van der Waals surface area contributed by atoms with Gasteiger partial charge in [-0.15, -0.1) is 35.9 Å². The molecule has 0 spiro atoms. The summed E-state index contributed by atoms with van der Waals surface area (Å²) in [6, 6.07) is 10.8. The summed E-state index contributed by atoms with van der Waals surface area (Å²) >= 11 is 0. The maximum atomic E-state index is 3.85. The average molecular weight is 310 g/mol. The van der Waals surface area contributed by atoms with Gasteiger partial charge in [-0.25, -0.2) is 0 Å². The molecule has 1 aromatic carbocycles. The Bertz CT molecular complexity index is 194. The van der Waals surface area contributed by atoms with E-state index in [9.17, 15) is 0 Å². The smallest absolute Gasteiger partial charge is 0.0169 e. The summed E-state index contributed by atoms with van der Waals surface area (Å²) in [7, 11) is 1.75. The maximum Gasteiger partial charge on any atom is 0.0169 e. The van der Waals surface area contributed by atoms with Crippen LogP contribution >= 0.6 is 0 Å². The summed E-state index contributed by atoms with van der Waals surface area (Å²) in [4.78, 5) is 3.85. The van der Waals surface area contributed by atoms with Crippen molar-refractivity contribution in [1.29, 1.82) is 0 Å². The normalized spacial score (nSPS) is 9.30. The van der Waals surface area contributed by atoms with Crippen molar-refractivity contribution >= 4 is 6.21 Å². The molecule has 0 unspecified atom stereocenters. The topological polar surface area (TPSA) is 12.4 Å². The Hall–Kier alpha value is -0.461. The minimum atomic E-state index is 0.